The molecule has 2 nitrogen and oxygen atoms in total. The Kier molecular flexibility index (Phi) is 5.09. The monoisotopic (exact) mass is 265 g/mol. The van der Waals surface area contributed by atoms with Gasteiger partial charge in [-0.25, -0.2) is 0 Å². The van der Waals surface area contributed by atoms with E-state index in [4.69, 9.17) is 22.1 Å². The maximum Gasteiger partial charge on any atom is 0.120 e. The molecule has 2 rings (SSSR count). The normalized spacial score (nSPS) is 17.8. The number of nitrogens with two attached hydrogens (primary N) is 1. The van der Waals surface area contributed by atoms with Gasteiger partial charge in [0, 0.05) is 5.02 Å². The van der Waals surface area contributed by atoms with Gasteiger partial charge in [-0.3, -0.25) is 0 Å². The summed E-state index contributed by atoms with van der Waals surface area (Å²) in [4.78, 5) is 0. The Hall–Kier alpha value is -0.990. The molecular formula is C15H20ClNO. The summed E-state index contributed by atoms with van der Waals surface area (Å²) < 4.78 is 5.69. The summed E-state index contributed by atoms with van der Waals surface area (Å²) in [5.74, 6) is 0.784. The molecule has 1 atom stereocenters. The summed E-state index contributed by atoms with van der Waals surface area (Å²) >= 11 is 5.91. The van der Waals surface area contributed by atoms with Gasteiger partial charge in [0.15, 0.2) is 0 Å². The number of allylic oxidation sites excluding steroid dienone is 1. The lowest BCUT2D eigenvalue weighted by atomic mass is 10.0. The first kappa shape index (κ1) is 13.4. The van der Waals surface area contributed by atoms with Crippen LogP contribution in [-0.4, -0.2) is 12.6 Å². The van der Waals surface area contributed by atoms with Crippen LogP contribution in [0.2, 0.25) is 5.02 Å². The molecule has 98 valence electrons. The van der Waals surface area contributed by atoms with Crippen molar-refractivity contribution in [1.29, 1.82) is 0 Å². The highest BCUT2D eigenvalue weighted by Gasteiger charge is 2.12. The number of ether oxygens (including phenoxy) is 1. The molecule has 0 radical (unpaired) electrons. The average molecular weight is 266 g/mol. The third-order valence-electron chi connectivity index (χ3n) is 3.28. The quantitative estimate of drug-likeness (QED) is 0.837. The van der Waals surface area contributed by atoms with Crippen molar-refractivity contribution in [2.75, 3.05) is 6.61 Å². The Morgan fingerprint density at radius 1 is 1.28 bits per heavy atom. The summed E-state index contributed by atoms with van der Waals surface area (Å²) in [5, 5.41) is 0.690. The van der Waals surface area contributed by atoms with Crippen molar-refractivity contribution in [2.24, 2.45) is 5.73 Å². The first-order valence-corrected chi connectivity index (χ1v) is 6.96. The predicted octanol–water partition coefficient (Wildman–Crippen LogP) is 3.94. The summed E-state index contributed by atoms with van der Waals surface area (Å²) in [5.41, 5.74) is 7.52. The topological polar surface area (TPSA) is 35.2 Å². The predicted molar refractivity (Wildman–Crippen MR) is 76.1 cm³/mol. The molecule has 0 saturated carbocycles. The molecule has 0 spiro atoms. The van der Waals surface area contributed by atoms with Crippen molar-refractivity contribution in [3.8, 4) is 5.75 Å². The van der Waals surface area contributed by atoms with E-state index in [0.29, 0.717) is 11.6 Å². The van der Waals surface area contributed by atoms with Gasteiger partial charge in [0.2, 0.25) is 0 Å². The van der Waals surface area contributed by atoms with E-state index in [1.165, 1.54) is 24.8 Å². The highest BCUT2D eigenvalue weighted by atomic mass is 35.5. The molecule has 0 bridgehead atoms. The third-order valence-corrected chi connectivity index (χ3v) is 3.51. The zero-order valence-electron chi connectivity index (χ0n) is 10.6. The van der Waals surface area contributed by atoms with E-state index in [1.54, 1.807) is 0 Å². The number of hydrogen-bond donors (Lipinski definition) is 1. The molecule has 0 aliphatic heterocycles. The van der Waals surface area contributed by atoms with Crippen LogP contribution in [0.3, 0.4) is 0 Å². The molecule has 0 heterocycles. The zero-order chi connectivity index (χ0) is 12.8. The second-order valence-corrected chi connectivity index (χ2v) is 5.19. The van der Waals surface area contributed by atoms with E-state index in [0.717, 1.165) is 18.6 Å². The van der Waals surface area contributed by atoms with Gasteiger partial charge < -0.3 is 10.5 Å². The van der Waals surface area contributed by atoms with Crippen LogP contribution in [0.1, 0.15) is 32.1 Å². The molecule has 2 N–H and O–H groups in total. The lowest BCUT2D eigenvalue weighted by Gasteiger charge is -2.16. The molecular weight excluding hydrogens is 246 g/mol. The van der Waals surface area contributed by atoms with E-state index in [2.05, 4.69) is 6.08 Å². The highest BCUT2D eigenvalue weighted by molar-refractivity contribution is 6.30. The van der Waals surface area contributed by atoms with Gasteiger partial charge in [-0.1, -0.05) is 35.7 Å². The Morgan fingerprint density at radius 2 is 2.17 bits per heavy atom. The molecule has 0 fully saturated rings. The van der Waals surface area contributed by atoms with Crippen molar-refractivity contribution < 1.29 is 4.74 Å². The van der Waals surface area contributed by atoms with Crippen LogP contribution < -0.4 is 10.5 Å². The van der Waals surface area contributed by atoms with E-state index in [9.17, 15) is 0 Å². The van der Waals surface area contributed by atoms with E-state index < -0.39 is 0 Å². The molecule has 3 heteroatoms. The molecule has 1 aromatic carbocycles. The lowest BCUT2D eigenvalue weighted by molar-refractivity contribution is 0.300. The van der Waals surface area contributed by atoms with Crippen LogP contribution in [0.15, 0.2) is 35.9 Å². The number of rotatable bonds is 4. The van der Waals surface area contributed by atoms with Crippen LogP contribution in [0, 0.1) is 0 Å². The summed E-state index contributed by atoms with van der Waals surface area (Å²) in [6, 6.07) is 7.44. The Labute approximate surface area is 114 Å². The smallest absolute Gasteiger partial charge is 0.120 e. The van der Waals surface area contributed by atoms with Crippen molar-refractivity contribution in [3.63, 3.8) is 0 Å². The van der Waals surface area contributed by atoms with Gasteiger partial charge in [0.1, 0.15) is 12.4 Å². The molecule has 0 amide bonds. The van der Waals surface area contributed by atoms with E-state index >= 15 is 0 Å². The van der Waals surface area contributed by atoms with Crippen LogP contribution in [0.5, 0.6) is 5.75 Å². The van der Waals surface area contributed by atoms with Crippen LogP contribution in [0.25, 0.3) is 0 Å². The number of hydrogen-bond acceptors (Lipinski definition) is 2. The van der Waals surface area contributed by atoms with Crippen LogP contribution in [0.4, 0.5) is 0 Å². The Bertz CT molecular complexity index is 417. The summed E-state index contributed by atoms with van der Waals surface area (Å²) in [7, 11) is 0. The van der Waals surface area contributed by atoms with Crippen molar-refractivity contribution in [3.05, 3.63) is 40.9 Å². The van der Waals surface area contributed by atoms with Gasteiger partial charge in [-0.05, 0) is 43.9 Å². The first-order chi connectivity index (χ1) is 8.75. The van der Waals surface area contributed by atoms with Gasteiger partial charge in [-0.2, -0.15) is 0 Å². The standard InChI is InChI=1S/C15H20ClNO/c16-13-8-5-9-14(10-13)18-11-15(17)12-6-3-1-2-4-7-12/h5-6,8-10,15H,1-4,7,11,17H2. The number of benzene rings is 1. The highest BCUT2D eigenvalue weighted by Crippen LogP contribution is 2.21. The van der Waals surface area contributed by atoms with Gasteiger partial charge in [-0.15, -0.1) is 0 Å². The molecule has 1 unspecified atom stereocenters. The fourth-order valence-electron chi connectivity index (χ4n) is 2.23. The molecule has 1 aliphatic carbocycles. The minimum Gasteiger partial charge on any atom is -0.492 e. The zero-order valence-corrected chi connectivity index (χ0v) is 11.3. The summed E-state index contributed by atoms with van der Waals surface area (Å²) in [6.07, 6.45) is 8.39. The Balaban J connectivity index is 1.87. The third kappa shape index (κ3) is 4.04. The van der Waals surface area contributed by atoms with Crippen molar-refractivity contribution >= 4 is 11.6 Å². The van der Waals surface area contributed by atoms with Crippen molar-refractivity contribution in [1.82, 2.24) is 0 Å². The van der Waals surface area contributed by atoms with Crippen LogP contribution >= 0.6 is 11.6 Å². The van der Waals surface area contributed by atoms with Gasteiger partial charge in [0.05, 0.1) is 6.04 Å². The lowest BCUT2D eigenvalue weighted by Crippen LogP contribution is -2.30. The molecule has 0 aromatic heterocycles. The molecule has 1 aliphatic rings. The van der Waals surface area contributed by atoms with Crippen LogP contribution in [-0.2, 0) is 0 Å². The van der Waals surface area contributed by atoms with Crippen molar-refractivity contribution in [2.45, 2.75) is 38.1 Å². The SMILES string of the molecule is NC(COc1cccc(Cl)c1)C1=CCCCCC1. The minimum atomic E-state index is 0.00193. The summed E-state index contributed by atoms with van der Waals surface area (Å²) in [6.45, 7) is 0.520. The average Bonchev–Trinajstić information content (AvgIpc) is 2.65. The Morgan fingerprint density at radius 3 is 3.00 bits per heavy atom. The maximum absolute atomic E-state index is 6.18. The first-order valence-electron chi connectivity index (χ1n) is 6.58. The second kappa shape index (κ2) is 6.81. The number of halogens is 1. The van der Waals surface area contributed by atoms with E-state index in [-0.39, 0.29) is 6.04 Å². The van der Waals surface area contributed by atoms with E-state index in [1.807, 2.05) is 24.3 Å². The minimum absolute atomic E-state index is 0.00193. The molecule has 1 aromatic rings. The largest absolute Gasteiger partial charge is 0.492 e. The fraction of sp³-hybridized carbons (Fsp3) is 0.467. The maximum atomic E-state index is 6.18. The second-order valence-electron chi connectivity index (χ2n) is 4.75. The van der Waals surface area contributed by atoms with Gasteiger partial charge in [0.25, 0.3) is 0 Å². The molecule has 0 saturated heterocycles. The molecule has 18 heavy (non-hydrogen) atoms. The fourth-order valence-corrected chi connectivity index (χ4v) is 2.41. The van der Waals surface area contributed by atoms with Gasteiger partial charge >= 0.3 is 0 Å².